The van der Waals surface area contributed by atoms with Gasteiger partial charge in [0.05, 0.1) is 5.52 Å². The maximum atomic E-state index is 13.5. The summed E-state index contributed by atoms with van der Waals surface area (Å²) in [6, 6.07) is 7.62. The van der Waals surface area contributed by atoms with Gasteiger partial charge in [0, 0.05) is 17.6 Å². The van der Waals surface area contributed by atoms with Crippen LogP contribution in [0.4, 0.5) is 4.39 Å². The predicted octanol–water partition coefficient (Wildman–Crippen LogP) is 4.01. The second-order valence-corrected chi connectivity index (χ2v) is 5.67. The first-order chi connectivity index (χ1) is 9.78. The SMILES string of the molecule is CCN[C@H]1CC[C@H](c2ccnc3ccc(F)cc32)CC1. The average Bonchev–Trinajstić information content (AvgIpc) is 2.48. The summed E-state index contributed by atoms with van der Waals surface area (Å²) >= 11 is 0. The normalized spacial score (nSPS) is 23.1. The molecule has 1 aromatic heterocycles. The molecular weight excluding hydrogens is 251 g/mol. The summed E-state index contributed by atoms with van der Waals surface area (Å²) in [7, 11) is 0. The van der Waals surface area contributed by atoms with E-state index in [2.05, 4.69) is 23.3 Å². The fraction of sp³-hybridized carbons (Fsp3) is 0.471. The molecule has 1 aliphatic carbocycles. The average molecular weight is 272 g/mol. The van der Waals surface area contributed by atoms with E-state index in [4.69, 9.17) is 0 Å². The molecule has 0 atom stereocenters. The number of aromatic nitrogens is 1. The summed E-state index contributed by atoms with van der Waals surface area (Å²) in [4.78, 5) is 4.34. The van der Waals surface area contributed by atoms with Crippen LogP contribution in [-0.4, -0.2) is 17.6 Å². The van der Waals surface area contributed by atoms with E-state index >= 15 is 0 Å². The highest BCUT2D eigenvalue weighted by Crippen LogP contribution is 2.36. The molecule has 0 bridgehead atoms. The number of nitrogens with zero attached hydrogens (tertiary/aromatic N) is 1. The zero-order valence-electron chi connectivity index (χ0n) is 11.9. The maximum absolute atomic E-state index is 13.5. The van der Waals surface area contributed by atoms with Crippen molar-refractivity contribution in [3.8, 4) is 0 Å². The van der Waals surface area contributed by atoms with Gasteiger partial charge in [-0.3, -0.25) is 4.98 Å². The highest BCUT2D eigenvalue weighted by molar-refractivity contribution is 5.82. The third-order valence-corrected chi connectivity index (χ3v) is 4.40. The Balaban J connectivity index is 1.86. The van der Waals surface area contributed by atoms with E-state index in [-0.39, 0.29) is 5.82 Å². The third-order valence-electron chi connectivity index (χ3n) is 4.40. The number of benzene rings is 1. The van der Waals surface area contributed by atoms with Crippen LogP contribution in [0.5, 0.6) is 0 Å². The van der Waals surface area contributed by atoms with Crippen LogP contribution >= 0.6 is 0 Å². The lowest BCUT2D eigenvalue weighted by molar-refractivity contribution is 0.349. The number of rotatable bonds is 3. The Morgan fingerprint density at radius 1 is 1.20 bits per heavy atom. The Morgan fingerprint density at radius 2 is 2.00 bits per heavy atom. The molecular formula is C17H21FN2. The van der Waals surface area contributed by atoms with E-state index in [0.29, 0.717) is 12.0 Å². The van der Waals surface area contributed by atoms with Gasteiger partial charge in [0.1, 0.15) is 5.82 Å². The summed E-state index contributed by atoms with van der Waals surface area (Å²) in [5.74, 6) is 0.366. The Bertz CT molecular complexity index is 589. The van der Waals surface area contributed by atoms with Crippen LogP contribution in [0.1, 0.15) is 44.1 Å². The fourth-order valence-corrected chi connectivity index (χ4v) is 3.39. The number of hydrogen-bond donors (Lipinski definition) is 1. The van der Waals surface area contributed by atoms with Gasteiger partial charge in [0.2, 0.25) is 0 Å². The van der Waals surface area contributed by atoms with Crippen molar-refractivity contribution < 1.29 is 4.39 Å². The number of pyridine rings is 1. The molecule has 0 amide bonds. The van der Waals surface area contributed by atoms with Crippen LogP contribution in [-0.2, 0) is 0 Å². The number of fused-ring (bicyclic) bond motifs is 1. The van der Waals surface area contributed by atoms with E-state index < -0.39 is 0 Å². The summed E-state index contributed by atoms with van der Waals surface area (Å²) in [5.41, 5.74) is 2.17. The Kier molecular flexibility index (Phi) is 3.97. The highest BCUT2D eigenvalue weighted by Gasteiger charge is 2.23. The van der Waals surface area contributed by atoms with E-state index in [1.165, 1.54) is 37.3 Å². The van der Waals surface area contributed by atoms with Gasteiger partial charge in [-0.2, -0.15) is 0 Å². The second kappa shape index (κ2) is 5.88. The monoisotopic (exact) mass is 272 g/mol. The first kappa shape index (κ1) is 13.5. The predicted molar refractivity (Wildman–Crippen MR) is 80.4 cm³/mol. The molecule has 2 nitrogen and oxygen atoms in total. The first-order valence-electron chi connectivity index (χ1n) is 7.55. The van der Waals surface area contributed by atoms with E-state index in [0.717, 1.165) is 17.4 Å². The standard InChI is InChI=1S/C17H21FN2/c1-2-19-14-6-3-12(4-7-14)15-9-10-20-17-8-5-13(18)11-16(15)17/h5,8-12,14,19H,2-4,6-7H2,1H3/t12-,14-. The van der Waals surface area contributed by atoms with Gasteiger partial charge in [-0.05, 0) is 68.0 Å². The van der Waals surface area contributed by atoms with Crippen LogP contribution < -0.4 is 5.32 Å². The van der Waals surface area contributed by atoms with Crippen molar-refractivity contribution in [1.82, 2.24) is 10.3 Å². The van der Waals surface area contributed by atoms with Crippen molar-refractivity contribution in [3.63, 3.8) is 0 Å². The zero-order valence-corrected chi connectivity index (χ0v) is 11.9. The molecule has 1 heterocycles. The number of nitrogens with one attached hydrogen (secondary N) is 1. The molecule has 3 heteroatoms. The Hall–Kier alpha value is -1.48. The molecule has 1 aromatic carbocycles. The van der Waals surface area contributed by atoms with Gasteiger partial charge < -0.3 is 5.32 Å². The molecule has 1 aliphatic rings. The minimum absolute atomic E-state index is 0.173. The summed E-state index contributed by atoms with van der Waals surface area (Å²) in [5, 5.41) is 4.52. The van der Waals surface area contributed by atoms with Gasteiger partial charge in [0.15, 0.2) is 0 Å². The lowest BCUT2D eigenvalue weighted by Gasteiger charge is -2.29. The highest BCUT2D eigenvalue weighted by atomic mass is 19.1. The zero-order chi connectivity index (χ0) is 13.9. The quantitative estimate of drug-likeness (QED) is 0.913. The molecule has 1 N–H and O–H groups in total. The fourth-order valence-electron chi connectivity index (χ4n) is 3.39. The topological polar surface area (TPSA) is 24.9 Å². The summed E-state index contributed by atoms with van der Waals surface area (Å²) in [6.45, 7) is 3.20. The molecule has 0 aliphatic heterocycles. The lowest BCUT2D eigenvalue weighted by atomic mass is 9.80. The molecule has 0 saturated heterocycles. The largest absolute Gasteiger partial charge is 0.314 e. The molecule has 0 radical (unpaired) electrons. The van der Waals surface area contributed by atoms with Crippen molar-refractivity contribution in [2.45, 2.75) is 44.6 Å². The van der Waals surface area contributed by atoms with E-state index in [9.17, 15) is 4.39 Å². The number of hydrogen-bond acceptors (Lipinski definition) is 2. The van der Waals surface area contributed by atoms with Crippen molar-refractivity contribution in [2.75, 3.05) is 6.54 Å². The van der Waals surface area contributed by atoms with Crippen LogP contribution in [0.25, 0.3) is 10.9 Å². The van der Waals surface area contributed by atoms with Crippen molar-refractivity contribution in [1.29, 1.82) is 0 Å². The molecule has 106 valence electrons. The maximum Gasteiger partial charge on any atom is 0.123 e. The van der Waals surface area contributed by atoms with Crippen molar-refractivity contribution in [2.24, 2.45) is 0 Å². The molecule has 0 spiro atoms. The van der Waals surface area contributed by atoms with Gasteiger partial charge in [-0.1, -0.05) is 6.92 Å². The van der Waals surface area contributed by atoms with Crippen molar-refractivity contribution >= 4 is 10.9 Å². The molecule has 2 aromatic rings. The minimum Gasteiger partial charge on any atom is -0.314 e. The summed E-state index contributed by atoms with van der Waals surface area (Å²) < 4.78 is 13.5. The first-order valence-corrected chi connectivity index (χ1v) is 7.55. The van der Waals surface area contributed by atoms with Gasteiger partial charge in [-0.25, -0.2) is 4.39 Å². The van der Waals surface area contributed by atoms with E-state index in [1.807, 2.05) is 6.20 Å². The Morgan fingerprint density at radius 3 is 2.75 bits per heavy atom. The number of halogens is 1. The minimum atomic E-state index is -0.173. The van der Waals surface area contributed by atoms with Crippen LogP contribution in [0.15, 0.2) is 30.5 Å². The van der Waals surface area contributed by atoms with Crippen molar-refractivity contribution in [3.05, 3.63) is 41.8 Å². The van der Waals surface area contributed by atoms with Gasteiger partial charge >= 0.3 is 0 Å². The van der Waals surface area contributed by atoms with Crippen LogP contribution in [0.2, 0.25) is 0 Å². The molecule has 3 rings (SSSR count). The molecule has 0 unspecified atom stereocenters. The molecule has 20 heavy (non-hydrogen) atoms. The second-order valence-electron chi connectivity index (χ2n) is 5.67. The summed E-state index contributed by atoms with van der Waals surface area (Å²) in [6.07, 6.45) is 6.61. The molecule has 1 fully saturated rings. The lowest BCUT2D eigenvalue weighted by Crippen LogP contribution is -2.32. The molecule has 1 saturated carbocycles. The third kappa shape index (κ3) is 2.68. The van der Waals surface area contributed by atoms with E-state index in [1.54, 1.807) is 12.1 Å². The van der Waals surface area contributed by atoms with Gasteiger partial charge in [0.25, 0.3) is 0 Å². The van der Waals surface area contributed by atoms with Gasteiger partial charge in [-0.15, -0.1) is 0 Å². The smallest absolute Gasteiger partial charge is 0.123 e. The van der Waals surface area contributed by atoms with Crippen LogP contribution in [0, 0.1) is 5.82 Å². The Labute approximate surface area is 119 Å². The van der Waals surface area contributed by atoms with Crippen LogP contribution in [0.3, 0.4) is 0 Å².